The third-order valence-corrected chi connectivity index (χ3v) is 5.56. The van der Waals surface area contributed by atoms with E-state index in [9.17, 15) is 14.4 Å². The van der Waals surface area contributed by atoms with Gasteiger partial charge < -0.3 is 15.4 Å². The number of benzene rings is 4. The number of carbonyl (C=O) groups is 3. The lowest BCUT2D eigenvalue weighted by Crippen LogP contribution is -2.38. The molecule has 6 nitrogen and oxygen atoms in total. The van der Waals surface area contributed by atoms with Gasteiger partial charge in [-0.15, -0.1) is 0 Å². The van der Waals surface area contributed by atoms with E-state index in [1.165, 1.54) is 0 Å². The second kappa shape index (κ2) is 12.1. The number of carbonyl (C=O) groups excluding carboxylic acids is 3. The highest BCUT2D eigenvalue weighted by Gasteiger charge is 2.31. The quantitative estimate of drug-likeness (QED) is 0.340. The van der Waals surface area contributed by atoms with E-state index in [4.69, 9.17) is 4.74 Å². The summed E-state index contributed by atoms with van der Waals surface area (Å²) in [6.45, 7) is 0.285. The van der Waals surface area contributed by atoms with Gasteiger partial charge in [0.25, 0.3) is 11.8 Å². The van der Waals surface area contributed by atoms with Crippen molar-refractivity contribution in [3.63, 3.8) is 0 Å². The molecule has 0 unspecified atom stereocenters. The average molecular weight is 479 g/mol. The minimum absolute atomic E-state index is 0.285. The van der Waals surface area contributed by atoms with Crippen LogP contribution in [0.1, 0.15) is 39.2 Å². The van der Waals surface area contributed by atoms with Crippen LogP contribution in [0.5, 0.6) is 0 Å². The number of nitrogens with one attached hydrogen (secondary N) is 2. The SMILES string of the molecule is O=C(N[C@@H](C(=O)O[C@H](C(=O)NCc1ccccc1)c1ccccc1)c1ccccc1)c1ccccc1. The molecule has 0 aliphatic heterocycles. The highest BCUT2D eigenvalue weighted by atomic mass is 16.5. The standard InChI is InChI=1S/C30H26N2O4/c33-28(25-19-11-4-12-20-25)32-26(23-15-7-2-8-16-23)30(35)36-27(24-17-9-3-10-18-24)29(34)31-21-22-13-5-1-6-14-22/h1-20,26-27H,21H2,(H,31,34)(H,32,33)/t26-,27+/m1/s1. The molecule has 0 bridgehead atoms. The van der Waals surface area contributed by atoms with Gasteiger partial charge in [-0.3, -0.25) is 9.59 Å². The fourth-order valence-electron chi connectivity index (χ4n) is 3.69. The van der Waals surface area contributed by atoms with Gasteiger partial charge in [0.1, 0.15) is 0 Å². The molecule has 2 atom stereocenters. The molecule has 0 aliphatic carbocycles. The van der Waals surface area contributed by atoms with E-state index in [-0.39, 0.29) is 6.54 Å². The fraction of sp³-hybridized carbons (Fsp3) is 0.100. The van der Waals surface area contributed by atoms with Crippen molar-refractivity contribution in [3.8, 4) is 0 Å². The number of ether oxygens (including phenoxy) is 1. The molecule has 0 aromatic heterocycles. The Labute approximate surface area is 209 Å². The van der Waals surface area contributed by atoms with Crippen molar-refractivity contribution in [3.05, 3.63) is 144 Å². The summed E-state index contributed by atoms with van der Waals surface area (Å²) >= 11 is 0. The van der Waals surface area contributed by atoms with Crippen LogP contribution in [0.25, 0.3) is 0 Å². The monoisotopic (exact) mass is 478 g/mol. The zero-order valence-corrected chi connectivity index (χ0v) is 19.5. The Morgan fingerprint density at radius 3 is 1.72 bits per heavy atom. The van der Waals surface area contributed by atoms with Gasteiger partial charge in [0.15, 0.2) is 6.04 Å². The Morgan fingerprint density at radius 2 is 1.14 bits per heavy atom. The van der Waals surface area contributed by atoms with Gasteiger partial charge in [-0.1, -0.05) is 109 Å². The van der Waals surface area contributed by atoms with Gasteiger partial charge in [-0.25, -0.2) is 4.79 Å². The smallest absolute Gasteiger partial charge is 0.334 e. The van der Waals surface area contributed by atoms with E-state index in [0.717, 1.165) is 5.56 Å². The first kappa shape index (κ1) is 24.4. The van der Waals surface area contributed by atoms with Gasteiger partial charge >= 0.3 is 5.97 Å². The van der Waals surface area contributed by atoms with Crippen LogP contribution >= 0.6 is 0 Å². The predicted octanol–water partition coefficient (Wildman–Crippen LogP) is 4.76. The van der Waals surface area contributed by atoms with E-state index in [2.05, 4.69) is 10.6 Å². The van der Waals surface area contributed by atoms with Crippen molar-refractivity contribution in [2.45, 2.75) is 18.7 Å². The van der Waals surface area contributed by atoms with Gasteiger partial charge in [-0.2, -0.15) is 0 Å². The molecule has 0 fully saturated rings. The first-order chi connectivity index (χ1) is 17.6. The summed E-state index contributed by atoms with van der Waals surface area (Å²) in [5.74, 6) is -1.63. The second-order valence-electron chi connectivity index (χ2n) is 8.11. The maximum absolute atomic E-state index is 13.5. The zero-order chi connectivity index (χ0) is 25.2. The second-order valence-corrected chi connectivity index (χ2v) is 8.11. The fourth-order valence-corrected chi connectivity index (χ4v) is 3.69. The van der Waals surface area contributed by atoms with Crippen molar-refractivity contribution in [2.75, 3.05) is 0 Å². The lowest BCUT2D eigenvalue weighted by Gasteiger charge is -2.23. The van der Waals surface area contributed by atoms with Crippen LogP contribution in [-0.2, 0) is 20.9 Å². The van der Waals surface area contributed by atoms with E-state index < -0.39 is 29.9 Å². The lowest BCUT2D eigenvalue weighted by molar-refractivity contribution is -0.158. The molecular formula is C30H26N2O4. The molecule has 6 heteroatoms. The summed E-state index contributed by atoms with van der Waals surface area (Å²) in [6.07, 6.45) is -1.19. The zero-order valence-electron chi connectivity index (χ0n) is 19.5. The largest absolute Gasteiger partial charge is 0.445 e. The van der Waals surface area contributed by atoms with E-state index in [0.29, 0.717) is 16.7 Å². The molecule has 180 valence electrons. The Morgan fingerprint density at radius 1 is 0.639 bits per heavy atom. The van der Waals surface area contributed by atoms with Gasteiger partial charge in [0.05, 0.1) is 0 Å². The van der Waals surface area contributed by atoms with Crippen LogP contribution in [0.4, 0.5) is 0 Å². The maximum Gasteiger partial charge on any atom is 0.334 e. The first-order valence-corrected chi connectivity index (χ1v) is 11.6. The summed E-state index contributed by atoms with van der Waals surface area (Å²) < 4.78 is 5.77. The number of hydrogen-bond acceptors (Lipinski definition) is 4. The molecule has 36 heavy (non-hydrogen) atoms. The highest BCUT2D eigenvalue weighted by Crippen LogP contribution is 2.23. The third kappa shape index (κ3) is 6.45. The summed E-state index contributed by atoms with van der Waals surface area (Å²) in [6, 6.07) is 34.6. The van der Waals surface area contributed by atoms with Gasteiger partial charge in [-0.05, 0) is 23.3 Å². The normalized spacial score (nSPS) is 12.1. The van der Waals surface area contributed by atoms with Gasteiger partial charge in [0.2, 0.25) is 6.10 Å². The summed E-state index contributed by atoms with van der Waals surface area (Å²) in [5.41, 5.74) is 2.40. The molecule has 4 aromatic rings. The number of amides is 2. The van der Waals surface area contributed by atoms with E-state index >= 15 is 0 Å². The molecule has 0 spiro atoms. The average Bonchev–Trinajstić information content (AvgIpc) is 2.95. The number of rotatable bonds is 9. The van der Waals surface area contributed by atoms with Crippen LogP contribution in [0, 0.1) is 0 Å². The lowest BCUT2D eigenvalue weighted by atomic mass is 10.1. The molecule has 0 aliphatic rings. The summed E-state index contributed by atoms with van der Waals surface area (Å²) in [4.78, 5) is 39.5. The van der Waals surface area contributed by atoms with Crippen molar-refractivity contribution >= 4 is 17.8 Å². The highest BCUT2D eigenvalue weighted by molar-refractivity contribution is 5.97. The van der Waals surface area contributed by atoms with Crippen LogP contribution in [0.15, 0.2) is 121 Å². The first-order valence-electron chi connectivity index (χ1n) is 11.6. The van der Waals surface area contributed by atoms with Crippen molar-refractivity contribution in [1.29, 1.82) is 0 Å². The number of esters is 1. The molecule has 0 heterocycles. The van der Waals surface area contributed by atoms with Crippen LogP contribution in [0.2, 0.25) is 0 Å². The number of hydrogen-bond donors (Lipinski definition) is 2. The molecule has 2 amide bonds. The summed E-state index contributed by atoms with van der Waals surface area (Å²) in [5, 5.41) is 5.60. The van der Waals surface area contributed by atoms with Crippen LogP contribution in [0.3, 0.4) is 0 Å². The summed E-state index contributed by atoms with van der Waals surface area (Å²) in [7, 11) is 0. The topological polar surface area (TPSA) is 84.5 Å². The van der Waals surface area contributed by atoms with E-state index in [1.807, 2.05) is 42.5 Å². The molecule has 0 radical (unpaired) electrons. The molecule has 2 N–H and O–H groups in total. The Kier molecular flexibility index (Phi) is 8.22. The molecule has 4 aromatic carbocycles. The predicted molar refractivity (Wildman–Crippen MR) is 137 cm³/mol. The molecule has 4 rings (SSSR count). The Balaban J connectivity index is 1.56. The molecule has 0 saturated heterocycles. The minimum Gasteiger partial charge on any atom is -0.445 e. The van der Waals surface area contributed by atoms with Crippen molar-refractivity contribution in [2.24, 2.45) is 0 Å². The van der Waals surface area contributed by atoms with Crippen LogP contribution < -0.4 is 10.6 Å². The van der Waals surface area contributed by atoms with E-state index in [1.54, 1.807) is 78.9 Å². The Hall–Kier alpha value is -4.71. The third-order valence-electron chi connectivity index (χ3n) is 5.56. The molecule has 0 saturated carbocycles. The van der Waals surface area contributed by atoms with Crippen molar-refractivity contribution in [1.82, 2.24) is 10.6 Å². The van der Waals surface area contributed by atoms with Crippen LogP contribution in [-0.4, -0.2) is 17.8 Å². The van der Waals surface area contributed by atoms with Crippen molar-refractivity contribution < 1.29 is 19.1 Å². The maximum atomic E-state index is 13.5. The molecular weight excluding hydrogens is 452 g/mol. The Bertz CT molecular complexity index is 1280. The minimum atomic E-state index is -1.19. The van der Waals surface area contributed by atoms with Gasteiger partial charge in [0, 0.05) is 17.7 Å².